The summed E-state index contributed by atoms with van der Waals surface area (Å²) >= 11 is 0. The molecule has 366 valence electrons. The van der Waals surface area contributed by atoms with Gasteiger partial charge in [-0.05, 0) is 123 Å². The third-order valence-corrected chi connectivity index (χ3v) is 14.5. The predicted octanol–water partition coefficient (Wildman–Crippen LogP) is 17.6. The SMILES string of the molecule is c1ccc(-c2ccc(-c3cc(-c4cc(-c5ccc(-c6nc7ccccc7n6-c6ccccc6)cc5)cc(-c5ccc(-c6nc7ccccc7n6-c6ccccc6)cc5)c4)nc(-c4ccc(-c5cccnc5)cc4)n3)cc2)cc1. The quantitative estimate of drug-likeness (QED) is 0.129. The highest BCUT2D eigenvalue weighted by Crippen LogP contribution is 2.38. The molecular formula is C71H47N7. The van der Waals surface area contributed by atoms with Gasteiger partial charge in [0, 0.05) is 51.6 Å². The minimum Gasteiger partial charge on any atom is -0.292 e. The minimum absolute atomic E-state index is 0.635. The van der Waals surface area contributed by atoms with E-state index < -0.39 is 0 Å². The molecule has 0 spiro atoms. The maximum atomic E-state index is 5.42. The summed E-state index contributed by atoms with van der Waals surface area (Å²) in [6, 6.07) is 95.7. The van der Waals surface area contributed by atoms with Crippen molar-refractivity contribution >= 4 is 22.1 Å². The van der Waals surface area contributed by atoms with Crippen LogP contribution in [0.25, 0.3) is 135 Å². The zero-order valence-corrected chi connectivity index (χ0v) is 42.3. The molecule has 14 aromatic rings. The number of aromatic nitrogens is 7. The van der Waals surface area contributed by atoms with Crippen LogP contribution < -0.4 is 0 Å². The molecule has 4 heterocycles. The Morgan fingerprint density at radius 2 is 0.615 bits per heavy atom. The van der Waals surface area contributed by atoms with E-state index in [4.69, 9.17) is 19.9 Å². The monoisotopic (exact) mass is 997 g/mol. The Morgan fingerprint density at radius 3 is 1.12 bits per heavy atom. The Hall–Kier alpha value is -10.6. The normalized spacial score (nSPS) is 11.3. The molecule has 0 aliphatic heterocycles. The zero-order valence-electron chi connectivity index (χ0n) is 42.3. The van der Waals surface area contributed by atoms with Crippen molar-refractivity contribution in [3.05, 3.63) is 285 Å². The second kappa shape index (κ2) is 19.9. The maximum absolute atomic E-state index is 5.42. The number of hydrogen-bond acceptors (Lipinski definition) is 5. The van der Waals surface area contributed by atoms with E-state index in [2.05, 4.69) is 251 Å². The number of imidazole rings is 2. The lowest BCUT2D eigenvalue weighted by molar-refractivity contribution is 1.10. The number of fused-ring (bicyclic) bond motifs is 2. The van der Waals surface area contributed by atoms with Crippen molar-refractivity contribution < 1.29 is 0 Å². The average Bonchev–Trinajstić information content (AvgIpc) is 4.19. The second-order valence-electron chi connectivity index (χ2n) is 19.4. The highest BCUT2D eigenvalue weighted by Gasteiger charge is 2.19. The van der Waals surface area contributed by atoms with Crippen LogP contribution in [-0.2, 0) is 0 Å². The molecule has 0 saturated carbocycles. The average molecular weight is 998 g/mol. The lowest BCUT2D eigenvalue weighted by Crippen LogP contribution is -1.98. The lowest BCUT2D eigenvalue weighted by Gasteiger charge is -2.14. The lowest BCUT2D eigenvalue weighted by atomic mass is 9.93. The predicted molar refractivity (Wildman–Crippen MR) is 318 cm³/mol. The summed E-state index contributed by atoms with van der Waals surface area (Å²) in [7, 11) is 0. The van der Waals surface area contributed by atoms with Crippen LogP contribution in [0.2, 0.25) is 0 Å². The van der Waals surface area contributed by atoms with Crippen molar-refractivity contribution in [2.45, 2.75) is 0 Å². The zero-order chi connectivity index (χ0) is 51.8. The first kappa shape index (κ1) is 45.9. The summed E-state index contributed by atoms with van der Waals surface area (Å²) in [4.78, 5) is 25.4. The van der Waals surface area contributed by atoms with Crippen LogP contribution in [-0.4, -0.2) is 34.1 Å². The highest BCUT2D eigenvalue weighted by molar-refractivity contribution is 5.87. The highest BCUT2D eigenvalue weighted by atomic mass is 15.1. The van der Waals surface area contributed by atoms with E-state index in [1.807, 2.05) is 42.6 Å². The molecule has 7 heteroatoms. The Labute approximate surface area is 451 Å². The van der Waals surface area contributed by atoms with Crippen molar-refractivity contribution in [1.29, 1.82) is 0 Å². The minimum atomic E-state index is 0.635. The van der Waals surface area contributed by atoms with Crippen LogP contribution in [0.4, 0.5) is 0 Å². The summed E-state index contributed by atoms with van der Waals surface area (Å²) in [6.45, 7) is 0. The van der Waals surface area contributed by atoms with Crippen LogP contribution in [0.15, 0.2) is 285 Å². The van der Waals surface area contributed by atoms with Gasteiger partial charge in [0.15, 0.2) is 5.82 Å². The molecular weight excluding hydrogens is 951 g/mol. The Bertz CT molecular complexity index is 4140. The van der Waals surface area contributed by atoms with Gasteiger partial charge in [0.25, 0.3) is 0 Å². The molecule has 0 saturated heterocycles. The van der Waals surface area contributed by atoms with Gasteiger partial charge >= 0.3 is 0 Å². The van der Waals surface area contributed by atoms with Crippen molar-refractivity contribution in [2.24, 2.45) is 0 Å². The molecule has 4 aromatic heterocycles. The molecule has 0 fully saturated rings. The number of rotatable bonds is 11. The van der Waals surface area contributed by atoms with E-state index in [1.165, 1.54) is 0 Å². The van der Waals surface area contributed by atoms with Gasteiger partial charge in [0.2, 0.25) is 0 Å². The van der Waals surface area contributed by atoms with Gasteiger partial charge in [-0.25, -0.2) is 19.9 Å². The van der Waals surface area contributed by atoms with Gasteiger partial charge in [-0.15, -0.1) is 0 Å². The summed E-state index contributed by atoms with van der Waals surface area (Å²) in [6.07, 6.45) is 3.68. The Kier molecular flexibility index (Phi) is 11.7. The van der Waals surface area contributed by atoms with Crippen molar-refractivity contribution in [2.75, 3.05) is 0 Å². The fraction of sp³-hybridized carbons (Fsp3) is 0. The van der Waals surface area contributed by atoms with Crippen molar-refractivity contribution in [3.8, 4) is 113 Å². The van der Waals surface area contributed by atoms with E-state index in [9.17, 15) is 0 Å². The van der Waals surface area contributed by atoms with Gasteiger partial charge in [-0.3, -0.25) is 14.1 Å². The number of benzene rings is 10. The molecule has 0 radical (unpaired) electrons. The largest absolute Gasteiger partial charge is 0.292 e. The molecule has 0 unspecified atom stereocenters. The molecule has 0 atom stereocenters. The molecule has 0 N–H and O–H groups in total. The standard InChI is InChI=1S/C71H47N7/c1-4-15-48(16-5-1)49-26-34-53(35-27-49)65-46-66(74-69(73-65)54-36-28-50(29-37-54)57-17-14-42-72-47-57)60-44-58(51-30-38-55(39-31-51)70-75-63-22-10-12-24-67(63)77(70)61-18-6-2-7-19-61)43-59(45-60)52-32-40-56(41-33-52)71-76-64-23-11-13-25-68(64)78(71)62-20-8-3-9-21-62/h1-47H. The van der Waals surface area contributed by atoms with Crippen molar-refractivity contribution in [1.82, 2.24) is 34.1 Å². The summed E-state index contributed by atoms with van der Waals surface area (Å²) in [5, 5.41) is 0. The molecule has 0 amide bonds. The number of hydrogen-bond donors (Lipinski definition) is 0. The Morgan fingerprint density at radius 1 is 0.244 bits per heavy atom. The van der Waals surface area contributed by atoms with Crippen LogP contribution in [0.5, 0.6) is 0 Å². The van der Waals surface area contributed by atoms with Gasteiger partial charge in [0.1, 0.15) is 11.6 Å². The number of para-hydroxylation sites is 6. The fourth-order valence-electron chi connectivity index (χ4n) is 10.5. The number of pyridine rings is 1. The molecule has 78 heavy (non-hydrogen) atoms. The van der Waals surface area contributed by atoms with Gasteiger partial charge in [0.05, 0.1) is 33.5 Å². The van der Waals surface area contributed by atoms with E-state index in [-0.39, 0.29) is 0 Å². The summed E-state index contributed by atoms with van der Waals surface area (Å²) < 4.78 is 4.49. The molecule has 0 bridgehead atoms. The molecule has 0 aliphatic rings. The van der Waals surface area contributed by atoms with Crippen LogP contribution in [0.1, 0.15) is 0 Å². The third kappa shape index (κ3) is 8.81. The van der Waals surface area contributed by atoms with Crippen LogP contribution >= 0.6 is 0 Å². The van der Waals surface area contributed by atoms with Crippen LogP contribution in [0, 0.1) is 0 Å². The first-order valence-corrected chi connectivity index (χ1v) is 26.1. The van der Waals surface area contributed by atoms with Gasteiger partial charge in [-0.1, -0.05) is 194 Å². The van der Waals surface area contributed by atoms with Crippen molar-refractivity contribution in [3.63, 3.8) is 0 Å². The molecule has 10 aromatic carbocycles. The Balaban J connectivity index is 0.913. The van der Waals surface area contributed by atoms with E-state index in [0.29, 0.717) is 5.82 Å². The first-order valence-electron chi connectivity index (χ1n) is 26.1. The van der Waals surface area contributed by atoms with E-state index >= 15 is 0 Å². The summed E-state index contributed by atoms with van der Waals surface area (Å²) in [5.41, 5.74) is 21.3. The first-order chi connectivity index (χ1) is 38.6. The third-order valence-electron chi connectivity index (χ3n) is 14.5. The smallest absolute Gasteiger partial charge is 0.160 e. The topological polar surface area (TPSA) is 74.3 Å². The van der Waals surface area contributed by atoms with Gasteiger partial charge < -0.3 is 0 Å². The van der Waals surface area contributed by atoms with E-state index in [0.717, 1.165) is 129 Å². The number of nitrogens with zero attached hydrogens (tertiary/aromatic N) is 7. The molecule has 0 aliphatic carbocycles. The molecule has 7 nitrogen and oxygen atoms in total. The maximum Gasteiger partial charge on any atom is 0.160 e. The fourth-order valence-corrected chi connectivity index (χ4v) is 10.5. The second-order valence-corrected chi connectivity index (χ2v) is 19.4. The van der Waals surface area contributed by atoms with E-state index in [1.54, 1.807) is 6.20 Å². The summed E-state index contributed by atoms with van der Waals surface area (Å²) in [5.74, 6) is 2.40. The van der Waals surface area contributed by atoms with Gasteiger partial charge in [-0.2, -0.15) is 0 Å². The molecule has 14 rings (SSSR count). The van der Waals surface area contributed by atoms with Crippen LogP contribution in [0.3, 0.4) is 0 Å².